The molecule has 2 nitrogen and oxygen atoms in total. The minimum atomic E-state index is 0.636. The van der Waals surface area contributed by atoms with Crippen LogP contribution in [0.25, 0.3) is 0 Å². The molecule has 2 heteroatoms. The minimum absolute atomic E-state index is 0.636. The van der Waals surface area contributed by atoms with Crippen LogP contribution in [0.5, 0.6) is 0 Å². The van der Waals surface area contributed by atoms with Crippen LogP contribution in [0.1, 0.15) is 79.1 Å². The maximum atomic E-state index is 5.80. The summed E-state index contributed by atoms with van der Waals surface area (Å²) in [4.78, 5) is 0. The number of nitrogens with one attached hydrogen (secondary N) is 1. The first kappa shape index (κ1) is 18.9. The molecule has 0 saturated carbocycles. The van der Waals surface area contributed by atoms with Crippen LogP contribution in [0.2, 0.25) is 0 Å². The topological polar surface area (TPSA) is 21.3 Å². The summed E-state index contributed by atoms with van der Waals surface area (Å²) in [6.07, 6.45) is 10.5. The maximum Gasteiger partial charge on any atom is 0.0591 e. The van der Waals surface area contributed by atoms with Crippen LogP contribution in [-0.4, -0.2) is 25.8 Å². The van der Waals surface area contributed by atoms with Crippen molar-refractivity contribution in [2.24, 2.45) is 5.92 Å². The predicted octanol–water partition coefficient (Wildman–Crippen LogP) is 4.78. The Bertz CT molecular complexity index is 173. The summed E-state index contributed by atoms with van der Waals surface area (Å²) in [5.41, 5.74) is 0. The average molecular weight is 271 g/mol. The zero-order chi connectivity index (χ0) is 14.3. The van der Waals surface area contributed by atoms with Crippen LogP contribution >= 0.6 is 0 Å². The summed E-state index contributed by atoms with van der Waals surface area (Å²) in [6.45, 7) is 11.9. The van der Waals surface area contributed by atoms with Crippen molar-refractivity contribution < 1.29 is 4.74 Å². The molecule has 19 heavy (non-hydrogen) atoms. The Morgan fingerprint density at radius 1 is 0.947 bits per heavy atom. The van der Waals surface area contributed by atoms with Gasteiger partial charge in [0.2, 0.25) is 0 Å². The molecule has 0 radical (unpaired) electrons. The largest absolute Gasteiger partial charge is 0.380 e. The van der Waals surface area contributed by atoms with Crippen molar-refractivity contribution in [2.45, 2.75) is 85.1 Å². The van der Waals surface area contributed by atoms with Crippen molar-refractivity contribution in [3.8, 4) is 0 Å². The smallest absolute Gasteiger partial charge is 0.0591 e. The van der Waals surface area contributed by atoms with Crippen LogP contribution in [0, 0.1) is 5.92 Å². The zero-order valence-corrected chi connectivity index (χ0v) is 13.8. The summed E-state index contributed by atoms with van der Waals surface area (Å²) in [5, 5.41) is 3.55. The molecule has 0 aliphatic rings. The highest BCUT2D eigenvalue weighted by Gasteiger charge is 2.06. The Morgan fingerprint density at radius 2 is 1.68 bits per heavy atom. The summed E-state index contributed by atoms with van der Waals surface area (Å²) >= 11 is 0. The Labute approximate surface area is 121 Å². The molecule has 1 N–H and O–H groups in total. The van der Waals surface area contributed by atoms with Crippen molar-refractivity contribution >= 4 is 0 Å². The van der Waals surface area contributed by atoms with Gasteiger partial charge in [-0.1, -0.05) is 59.3 Å². The number of rotatable bonds is 14. The van der Waals surface area contributed by atoms with E-state index in [0.29, 0.717) is 6.04 Å². The van der Waals surface area contributed by atoms with Crippen LogP contribution < -0.4 is 5.32 Å². The van der Waals surface area contributed by atoms with Gasteiger partial charge in [0.1, 0.15) is 0 Å². The van der Waals surface area contributed by atoms with E-state index in [1.54, 1.807) is 0 Å². The van der Waals surface area contributed by atoms with Gasteiger partial charge in [-0.05, 0) is 25.7 Å². The van der Waals surface area contributed by atoms with E-state index >= 15 is 0 Å². The summed E-state index contributed by atoms with van der Waals surface area (Å²) in [5.74, 6) is 0.766. The monoisotopic (exact) mass is 271 g/mol. The van der Waals surface area contributed by atoms with Crippen LogP contribution in [0.15, 0.2) is 0 Å². The van der Waals surface area contributed by atoms with Gasteiger partial charge in [-0.15, -0.1) is 0 Å². The van der Waals surface area contributed by atoms with E-state index in [4.69, 9.17) is 4.74 Å². The molecule has 0 rings (SSSR count). The third-order valence-electron chi connectivity index (χ3n) is 3.88. The lowest BCUT2D eigenvalue weighted by Crippen LogP contribution is -2.29. The van der Waals surface area contributed by atoms with Gasteiger partial charge >= 0.3 is 0 Å². The van der Waals surface area contributed by atoms with Crippen molar-refractivity contribution in [1.29, 1.82) is 0 Å². The fraction of sp³-hybridized carbons (Fsp3) is 1.00. The van der Waals surface area contributed by atoms with E-state index in [1.807, 2.05) is 0 Å². The van der Waals surface area contributed by atoms with E-state index in [1.165, 1.54) is 51.4 Å². The molecule has 0 aromatic heterocycles. The molecule has 0 spiro atoms. The van der Waals surface area contributed by atoms with Crippen molar-refractivity contribution in [3.63, 3.8) is 0 Å². The summed E-state index contributed by atoms with van der Waals surface area (Å²) in [6, 6.07) is 0.636. The van der Waals surface area contributed by atoms with Gasteiger partial charge in [0.05, 0.1) is 6.61 Å². The lowest BCUT2D eigenvalue weighted by Gasteiger charge is -2.16. The first-order chi connectivity index (χ1) is 9.24. The fourth-order valence-corrected chi connectivity index (χ4v) is 2.33. The predicted molar refractivity (Wildman–Crippen MR) is 85.7 cm³/mol. The quantitative estimate of drug-likeness (QED) is 0.459. The van der Waals surface area contributed by atoms with E-state index < -0.39 is 0 Å². The van der Waals surface area contributed by atoms with Gasteiger partial charge in [-0.2, -0.15) is 0 Å². The Balaban J connectivity index is 3.37. The fourth-order valence-electron chi connectivity index (χ4n) is 2.33. The van der Waals surface area contributed by atoms with Gasteiger partial charge in [-0.25, -0.2) is 0 Å². The molecule has 0 aromatic rings. The first-order valence-electron chi connectivity index (χ1n) is 8.55. The second-order valence-corrected chi connectivity index (χ2v) is 5.84. The zero-order valence-electron chi connectivity index (χ0n) is 13.8. The van der Waals surface area contributed by atoms with Crippen molar-refractivity contribution in [2.75, 3.05) is 19.8 Å². The maximum absolute atomic E-state index is 5.80. The molecule has 116 valence electrons. The third kappa shape index (κ3) is 12.7. The highest BCUT2D eigenvalue weighted by molar-refractivity contribution is 4.61. The van der Waals surface area contributed by atoms with Gasteiger partial charge in [-0.3, -0.25) is 0 Å². The van der Waals surface area contributed by atoms with Gasteiger partial charge < -0.3 is 10.1 Å². The number of hydrogen-bond donors (Lipinski definition) is 1. The molecule has 0 aliphatic heterocycles. The Morgan fingerprint density at radius 3 is 2.32 bits per heavy atom. The molecule has 0 fully saturated rings. The van der Waals surface area contributed by atoms with Gasteiger partial charge in [0.25, 0.3) is 0 Å². The standard InChI is InChI=1S/C17H37NO/c1-5-8-10-11-16(4)18-13-14-19-15-17(7-3)12-9-6-2/h16-18H,5-15H2,1-4H3. The highest BCUT2D eigenvalue weighted by atomic mass is 16.5. The normalized spacial score (nSPS) is 14.5. The van der Waals surface area contributed by atoms with Gasteiger partial charge in [0.15, 0.2) is 0 Å². The third-order valence-corrected chi connectivity index (χ3v) is 3.88. The van der Waals surface area contributed by atoms with Gasteiger partial charge in [0, 0.05) is 19.2 Å². The van der Waals surface area contributed by atoms with Crippen molar-refractivity contribution in [3.05, 3.63) is 0 Å². The van der Waals surface area contributed by atoms with E-state index in [9.17, 15) is 0 Å². The molecule has 2 unspecified atom stereocenters. The molecule has 2 atom stereocenters. The van der Waals surface area contributed by atoms with E-state index in [0.717, 1.165) is 25.7 Å². The number of unbranched alkanes of at least 4 members (excludes halogenated alkanes) is 3. The Hall–Kier alpha value is -0.0800. The van der Waals surface area contributed by atoms with E-state index in [-0.39, 0.29) is 0 Å². The van der Waals surface area contributed by atoms with Crippen molar-refractivity contribution in [1.82, 2.24) is 5.32 Å². The average Bonchev–Trinajstić information content (AvgIpc) is 2.42. The van der Waals surface area contributed by atoms with Crippen LogP contribution in [-0.2, 0) is 4.74 Å². The molecule has 0 amide bonds. The van der Waals surface area contributed by atoms with E-state index in [2.05, 4.69) is 33.0 Å². The first-order valence-corrected chi connectivity index (χ1v) is 8.55. The highest BCUT2D eigenvalue weighted by Crippen LogP contribution is 2.12. The molecular weight excluding hydrogens is 234 g/mol. The number of ether oxygens (including phenoxy) is 1. The number of hydrogen-bond acceptors (Lipinski definition) is 2. The van der Waals surface area contributed by atoms with Crippen LogP contribution in [0.3, 0.4) is 0 Å². The molecule has 0 heterocycles. The lowest BCUT2D eigenvalue weighted by molar-refractivity contribution is 0.0942. The molecular formula is C17H37NO. The summed E-state index contributed by atoms with van der Waals surface area (Å²) in [7, 11) is 0. The molecule has 0 aromatic carbocycles. The SMILES string of the molecule is CCCCCC(C)NCCOCC(CC)CCCC. The van der Waals surface area contributed by atoms with Crippen LogP contribution in [0.4, 0.5) is 0 Å². The minimum Gasteiger partial charge on any atom is -0.380 e. The molecule has 0 bridgehead atoms. The Kier molecular flexibility index (Phi) is 14.3. The summed E-state index contributed by atoms with van der Waals surface area (Å²) < 4.78 is 5.80. The molecule has 0 saturated heterocycles. The molecule has 0 aliphatic carbocycles. The second-order valence-electron chi connectivity index (χ2n) is 5.84. The lowest BCUT2D eigenvalue weighted by atomic mass is 10.0. The second kappa shape index (κ2) is 14.3.